The van der Waals surface area contributed by atoms with Crippen molar-refractivity contribution in [1.29, 1.82) is 0 Å². The third-order valence-corrected chi connectivity index (χ3v) is 2.17. The number of carbonyl (C=O) groups is 1. The van der Waals surface area contributed by atoms with Crippen LogP contribution in [0.2, 0.25) is 0 Å². The third-order valence-electron chi connectivity index (χ3n) is 2.17. The highest BCUT2D eigenvalue weighted by Crippen LogP contribution is 2.05. The van der Waals surface area contributed by atoms with E-state index in [0.717, 1.165) is 18.4 Å². The Bertz CT molecular complexity index is 325. The van der Waals surface area contributed by atoms with E-state index in [1.54, 1.807) is 6.07 Å². The van der Waals surface area contributed by atoms with Crippen LogP contribution in [0.4, 0.5) is 4.39 Å². The van der Waals surface area contributed by atoms with E-state index < -0.39 is 0 Å². The monoisotopic (exact) mass is 209 g/mol. The number of hydrogen-bond acceptors (Lipinski definition) is 1. The molecule has 1 rings (SSSR count). The maximum Gasteiger partial charge on any atom is 0.219 e. The fourth-order valence-corrected chi connectivity index (χ4v) is 1.34. The lowest BCUT2D eigenvalue weighted by Crippen LogP contribution is -2.23. The summed E-state index contributed by atoms with van der Waals surface area (Å²) < 4.78 is 12.8. The molecule has 0 aromatic heterocycles. The van der Waals surface area contributed by atoms with Crippen molar-refractivity contribution in [3.8, 4) is 0 Å². The molecular weight excluding hydrogens is 193 g/mol. The molecule has 0 fully saturated rings. The van der Waals surface area contributed by atoms with Crippen molar-refractivity contribution in [2.75, 3.05) is 6.54 Å². The number of benzene rings is 1. The smallest absolute Gasteiger partial charge is 0.219 e. The molecule has 0 aliphatic rings. The Morgan fingerprint density at radius 2 is 2.27 bits per heavy atom. The van der Waals surface area contributed by atoms with Gasteiger partial charge in [-0.25, -0.2) is 4.39 Å². The second-order valence-corrected chi connectivity index (χ2v) is 3.44. The molecule has 0 heterocycles. The molecule has 2 nitrogen and oxygen atoms in total. The van der Waals surface area contributed by atoms with Crippen molar-refractivity contribution in [3.63, 3.8) is 0 Å². The Hall–Kier alpha value is -1.38. The summed E-state index contributed by atoms with van der Waals surface area (Å²) in [6.07, 6.45) is 2.15. The van der Waals surface area contributed by atoms with E-state index in [4.69, 9.17) is 0 Å². The van der Waals surface area contributed by atoms with Crippen LogP contribution in [0.1, 0.15) is 25.3 Å². The summed E-state index contributed by atoms with van der Waals surface area (Å²) >= 11 is 0. The molecule has 3 heteroatoms. The van der Waals surface area contributed by atoms with Gasteiger partial charge in [0.2, 0.25) is 5.91 Å². The summed E-state index contributed by atoms with van der Waals surface area (Å²) in [7, 11) is 0. The lowest BCUT2D eigenvalue weighted by Gasteiger charge is -2.03. The van der Waals surface area contributed by atoms with Crippen molar-refractivity contribution in [3.05, 3.63) is 35.6 Å². The zero-order valence-electron chi connectivity index (χ0n) is 8.92. The molecule has 0 aliphatic heterocycles. The number of rotatable bonds is 5. The van der Waals surface area contributed by atoms with Crippen LogP contribution in [0.3, 0.4) is 0 Å². The Morgan fingerprint density at radius 1 is 1.47 bits per heavy atom. The predicted octanol–water partition coefficient (Wildman–Crippen LogP) is 2.28. The fourth-order valence-electron chi connectivity index (χ4n) is 1.34. The Labute approximate surface area is 89.5 Å². The molecule has 0 unspecified atom stereocenters. The average molecular weight is 209 g/mol. The largest absolute Gasteiger partial charge is 0.356 e. The summed E-state index contributed by atoms with van der Waals surface area (Å²) in [4.78, 5) is 10.9. The van der Waals surface area contributed by atoms with Crippen LogP contribution < -0.4 is 5.32 Å². The highest BCUT2D eigenvalue weighted by molar-refractivity contribution is 5.75. The molecule has 0 saturated carbocycles. The first-order valence-electron chi connectivity index (χ1n) is 5.23. The number of aryl methyl sites for hydroxylation is 1. The van der Waals surface area contributed by atoms with Gasteiger partial charge in [-0.15, -0.1) is 0 Å². The van der Waals surface area contributed by atoms with E-state index in [2.05, 4.69) is 5.32 Å². The topological polar surface area (TPSA) is 29.1 Å². The SMILES string of the molecule is CCC(=O)NCCCc1cccc(F)c1. The molecule has 0 bridgehead atoms. The van der Waals surface area contributed by atoms with Gasteiger partial charge in [0, 0.05) is 13.0 Å². The molecular formula is C12H16FNO. The number of amides is 1. The van der Waals surface area contributed by atoms with Crippen molar-refractivity contribution in [2.45, 2.75) is 26.2 Å². The van der Waals surface area contributed by atoms with Gasteiger partial charge < -0.3 is 5.32 Å². The van der Waals surface area contributed by atoms with Gasteiger partial charge in [-0.3, -0.25) is 4.79 Å². The van der Waals surface area contributed by atoms with Gasteiger partial charge in [0.05, 0.1) is 0 Å². The minimum absolute atomic E-state index is 0.0641. The molecule has 1 aromatic carbocycles. The summed E-state index contributed by atoms with van der Waals surface area (Å²) in [6, 6.07) is 6.56. The number of halogens is 1. The first-order chi connectivity index (χ1) is 7.22. The van der Waals surface area contributed by atoms with E-state index in [0.29, 0.717) is 13.0 Å². The standard InChI is InChI=1S/C12H16FNO/c1-2-12(15)14-8-4-6-10-5-3-7-11(13)9-10/h3,5,7,9H,2,4,6,8H2,1H3,(H,14,15). The van der Waals surface area contributed by atoms with Crippen LogP contribution in [0.25, 0.3) is 0 Å². The minimum atomic E-state index is -0.204. The van der Waals surface area contributed by atoms with Crippen molar-refractivity contribution < 1.29 is 9.18 Å². The molecule has 1 aromatic rings. The quantitative estimate of drug-likeness (QED) is 0.741. The lowest BCUT2D eigenvalue weighted by molar-refractivity contribution is -0.120. The lowest BCUT2D eigenvalue weighted by atomic mass is 10.1. The zero-order chi connectivity index (χ0) is 11.1. The minimum Gasteiger partial charge on any atom is -0.356 e. The van der Waals surface area contributed by atoms with E-state index in [1.165, 1.54) is 12.1 Å². The zero-order valence-corrected chi connectivity index (χ0v) is 8.92. The molecule has 1 N–H and O–H groups in total. The molecule has 0 atom stereocenters. The summed E-state index contributed by atoms with van der Waals surface area (Å²) in [5.41, 5.74) is 0.973. The number of nitrogens with one attached hydrogen (secondary N) is 1. The van der Waals surface area contributed by atoms with Gasteiger partial charge in [-0.05, 0) is 30.5 Å². The maximum atomic E-state index is 12.8. The summed E-state index contributed by atoms with van der Waals surface area (Å²) in [5, 5.41) is 2.78. The van der Waals surface area contributed by atoms with E-state index in [1.807, 2.05) is 13.0 Å². The summed E-state index contributed by atoms with van der Waals surface area (Å²) in [6.45, 7) is 2.48. The second-order valence-electron chi connectivity index (χ2n) is 3.44. The van der Waals surface area contributed by atoms with Crippen LogP contribution in [0.5, 0.6) is 0 Å². The second kappa shape index (κ2) is 6.17. The van der Waals surface area contributed by atoms with Gasteiger partial charge >= 0.3 is 0 Å². The third kappa shape index (κ3) is 4.58. The highest BCUT2D eigenvalue weighted by Gasteiger charge is 1.97. The molecule has 0 saturated heterocycles. The Kier molecular flexibility index (Phi) is 4.81. The molecule has 82 valence electrons. The summed E-state index contributed by atoms with van der Waals surface area (Å²) in [5.74, 6) is -0.140. The normalized spacial score (nSPS) is 10.0. The van der Waals surface area contributed by atoms with Crippen LogP contribution in [0.15, 0.2) is 24.3 Å². The van der Waals surface area contributed by atoms with Crippen molar-refractivity contribution >= 4 is 5.91 Å². The number of carbonyl (C=O) groups excluding carboxylic acids is 1. The van der Waals surface area contributed by atoms with Gasteiger partial charge in [0.1, 0.15) is 5.82 Å². The van der Waals surface area contributed by atoms with E-state index in [-0.39, 0.29) is 11.7 Å². The molecule has 1 amide bonds. The van der Waals surface area contributed by atoms with Crippen LogP contribution in [-0.4, -0.2) is 12.5 Å². The Morgan fingerprint density at radius 3 is 2.93 bits per heavy atom. The van der Waals surface area contributed by atoms with Crippen LogP contribution in [0, 0.1) is 5.82 Å². The van der Waals surface area contributed by atoms with Crippen molar-refractivity contribution in [1.82, 2.24) is 5.32 Å². The van der Waals surface area contributed by atoms with Gasteiger partial charge in [-0.2, -0.15) is 0 Å². The molecule has 15 heavy (non-hydrogen) atoms. The highest BCUT2D eigenvalue weighted by atomic mass is 19.1. The first-order valence-corrected chi connectivity index (χ1v) is 5.23. The van der Waals surface area contributed by atoms with E-state index in [9.17, 15) is 9.18 Å². The van der Waals surface area contributed by atoms with Crippen molar-refractivity contribution in [2.24, 2.45) is 0 Å². The van der Waals surface area contributed by atoms with Gasteiger partial charge in [-0.1, -0.05) is 19.1 Å². The van der Waals surface area contributed by atoms with E-state index >= 15 is 0 Å². The first kappa shape index (κ1) is 11.7. The Balaban J connectivity index is 2.23. The molecule has 0 aliphatic carbocycles. The fraction of sp³-hybridized carbons (Fsp3) is 0.417. The van der Waals surface area contributed by atoms with Crippen LogP contribution in [-0.2, 0) is 11.2 Å². The number of hydrogen-bond donors (Lipinski definition) is 1. The van der Waals surface area contributed by atoms with Crippen LogP contribution >= 0.6 is 0 Å². The maximum absolute atomic E-state index is 12.8. The predicted molar refractivity (Wildman–Crippen MR) is 58.0 cm³/mol. The molecule has 0 spiro atoms. The van der Waals surface area contributed by atoms with Gasteiger partial charge in [0.15, 0.2) is 0 Å². The van der Waals surface area contributed by atoms with Gasteiger partial charge in [0.25, 0.3) is 0 Å². The molecule has 0 radical (unpaired) electrons. The average Bonchev–Trinajstić information content (AvgIpc) is 2.24.